The molecule has 130 valence electrons. The van der Waals surface area contributed by atoms with Crippen molar-refractivity contribution in [3.05, 3.63) is 59.1 Å². The van der Waals surface area contributed by atoms with Gasteiger partial charge in [-0.15, -0.1) is 10.2 Å². The molecule has 0 saturated heterocycles. The molecule has 1 aromatic carbocycles. The second-order valence-electron chi connectivity index (χ2n) is 5.44. The Bertz CT molecular complexity index is 1090. The van der Waals surface area contributed by atoms with E-state index in [4.69, 9.17) is 11.6 Å². The molecule has 1 amide bonds. The van der Waals surface area contributed by atoms with Gasteiger partial charge in [0.2, 0.25) is 4.96 Å². The van der Waals surface area contributed by atoms with Crippen LogP contribution in [0.1, 0.15) is 23.1 Å². The van der Waals surface area contributed by atoms with Gasteiger partial charge in [0.15, 0.2) is 5.82 Å². The van der Waals surface area contributed by atoms with Crippen LogP contribution in [0.5, 0.6) is 0 Å². The van der Waals surface area contributed by atoms with E-state index in [1.165, 1.54) is 17.5 Å². The Balaban J connectivity index is 1.55. The number of carbonyl (C=O) groups is 1. The number of nitrogens with zero attached hydrogens (tertiary/aromatic N) is 5. The van der Waals surface area contributed by atoms with Crippen LogP contribution in [0.3, 0.4) is 0 Å². The van der Waals surface area contributed by atoms with Gasteiger partial charge in [-0.2, -0.15) is 9.61 Å². The van der Waals surface area contributed by atoms with Crippen molar-refractivity contribution in [1.82, 2.24) is 24.8 Å². The van der Waals surface area contributed by atoms with Crippen LogP contribution in [0.4, 0.5) is 5.69 Å². The Morgan fingerprint density at radius 2 is 2.04 bits per heavy atom. The third kappa shape index (κ3) is 3.04. The number of carbonyl (C=O) groups excluding carboxylic acids is 1. The minimum atomic E-state index is -0.303. The quantitative estimate of drug-likeness (QED) is 0.542. The maximum atomic E-state index is 12.3. The number of nitrogens with one attached hydrogen (secondary N) is 1. The van der Waals surface area contributed by atoms with Crippen molar-refractivity contribution < 1.29 is 4.79 Å². The summed E-state index contributed by atoms with van der Waals surface area (Å²) in [6.07, 6.45) is 2.31. The number of pyridine rings is 1. The molecule has 1 N–H and O–H groups in total. The molecule has 0 unspecified atom stereocenters. The Morgan fingerprint density at radius 3 is 2.77 bits per heavy atom. The molecule has 0 atom stereocenters. The van der Waals surface area contributed by atoms with Gasteiger partial charge in [0.1, 0.15) is 10.2 Å². The smallest absolute Gasteiger partial charge is 0.258 e. The van der Waals surface area contributed by atoms with Crippen molar-refractivity contribution in [2.24, 2.45) is 0 Å². The van der Waals surface area contributed by atoms with Crippen LogP contribution in [-0.4, -0.2) is 30.7 Å². The Labute approximate surface area is 157 Å². The van der Waals surface area contributed by atoms with Gasteiger partial charge in [0.05, 0.1) is 5.56 Å². The molecule has 0 saturated carbocycles. The molecule has 0 radical (unpaired) electrons. The van der Waals surface area contributed by atoms with E-state index in [0.29, 0.717) is 11.3 Å². The minimum Gasteiger partial charge on any atom is -0.322 e. The highest BCUT2D eigenvalue weighted by Crippen LogP contribution is 2.27. The summed E-state index contributed by atoms with van der Waals surface area (Å²) in [4.78, 5) is 17.0. The van der Waals surface area contributed by atoms with Gasteiger partial charge in [-0.05, 0) is 36.4 Å². The van der Waals surface area contributed by atoms with Gasteiger partial charge >= 0.3 is 0 Å². The summed E-state index contributed by atoms with van der Waals surface area (Å²) in [5, 5.41) is 16.6. The van der Waals surface area contributed by atoms with Crippen LogP contribution in [0.15, 0.2) is 42.6 Å². The van der Waals surface area contributed by atoms with E-state index in [1.54, 1.807) is 16.6 Å². The summed E-state index contributed by atoms with van der Waals surface area (Å²) in [6.45, 7) is 2.02. The van der Waals surface area contributed by atoms with Crippen molar-refractivity contribution >= 4 is 39.5 Å². The molecule has 4 rings (SSSR count). The molecule has 0 aliphatic carbocycles. The molecule has 0 aliphatic heterocycles. The molecule has 0 spiro atoms. The van der Waals surface area contributed by atoms with E-state index in [1.807, 2.05) is 31.2 Å². The summed E-state index contributed by atoms with van der Waals surface area (Å²) >= 11 is 7.42. The van der Waals surface area contributed by atoms with E-state index < -0.39 is 0 Å². The second-order valence-corrected chi connectivity index (χ2v) is 6.76. The van der Waals surface area contributed by atoms with Crippen LogP contribution >= 0.6 is 22.9 Å². The maximum Gasteiger partial charge on any atom is 0.258 e. The molecular weight excluding hydrogens is 372 g/mol. The highest BCUT2D eigenvalue weighted by atomic mass is 35.5. The Hall–Kier alpha value is -2.84. The van der Waals surface area contributed by atoms with Gasteiger partial charge in [0.25, 0.3) is 5.91 Å². The first-order valence-electron chi connectivity index (χ1n) is 7.89. The highest BCUT2D eigenvalue weighted by Gasteiger charge is 2.13. The minimum absolute atomic E-state index is 0.174. The maximum absolute atomic E-state index is 12.3. The first kappa shape index (κ1) is 16.6. The van der Waals surface area contributed by atoms with Gasteiger partial charge in [-0.1, -0.05) is 29.9 Å². The number of fused-ring (bicyclic) bond motifs is 1. The zero-order valence-electron chi connectivity index (χ0n) is 13.7. The fraction of sp³-hybridized carbons (Fsp3) is 0.118. The monoisotopic (exact) mass is 384 g/mol. The molecule has 7 nitrogen and oxygen atoms in total. The second kappa shape index (κ2) is 6.81. The van der Waals surface area contributed by atoms with E-state index in [0.717, 1.165) is 27.8 Å². The van der Waals surface area contributed by atoms with E-state index in [9.17, 15) is 4.79 Å². The number of amides is 1. The number of aryl methyl sites for hydroxylation is 1. The summed E-state index contributed by atoms with van der Waals surface area (Å²) in [6, 6.07) is 10.7. The van der Waals surface area contributed by atoms with Gasteiger partial charge in [-0.25, -0.2) is 4.98 Å². The van der Waals surface area contributed by atoms with Crippen LogP contribution in [0.25, 0.3) is 15.5 Å². The zero-order chi connectivity index (χ0) is 18.1. The number of halogens is 1. The first-order chi connectivity index (χ1) is 12.7. The van der Waals surface area contributed by atoms with Gasteiger partial charge < -0.3 is 5.32 Å². The predicted molar refractivity (Wildman–Crippen MR) is 101 cm³/mol. The lowest BCUT2D eigenvalue weighted by Crippen LogP contribution is -2.12. The summed E-state index contributed by atoms with van der Waals surface area (Å²) in [7, 11) is 0. The topological polar surface area (TPSA) is 85.1 Å². The Kier molecular flexibility index (Phi) is 4.36. The molecule has 3 aromatic heterocycles. The fourth-order valence-electron chi connectivity index (χ4n) is 2.44. The lowest BCUT2D eigenvalue weighted by molar-refractivity contribution is 0.102. The van der Waals surface area contributed by atoms with Crippen molar-refractivity contribution in [2.45, 2.75) is 13.3 Å². The Morgan fingerprint density at radius 1 is 1.23 bits per heavy atom. The molecule has 4 aromatic rings. The average molecular weight is 385 g/mol. The van der Waals surface area contributed by atoms with Crippen molar-refractivity contribution in [2.75, 3.05) is 5.32 Å². The molecule has 0 aliphatic rings. The summed E-state index contributed by atoms with van der Waals surface area (Å²) < 4.78 is 1.76. The lowest BCUT2D eigenvalue weighted by atomic mass is 10.2. The van der Waals surface area contributed by atoms with Crippen LogP contribution < -0.4 is 5.32 Å². The third-order valence-corrected chi connectivity index (χ3v) is 5.01. The lowest BCUT2D eigenvalue weighted by Gasteiger charge is -2.06. The number of benzene rings is 1. The van der Waals surface area contributed by atoms with Crippen LogP contribution in [0, 0.1) is 0 Å². The molecule has 0 fully saturated rings. The van der Waals surface area contributed by atoms with Crippen molar-refractivity contribution in [3.63, 3.8) is 0 Å². The number of anilines is 1. The SMILES string of the molecule is CCc1nnc2sc(-c3ccc(NC(=O)c4cccnc4Cl)cc3)nn12. The third-order valence-electron chi connectivity index (χ3n) is 3.77. The van der Waals surface area contributed by atoms with Crippen LogP contribution in [-0.2, 0) is 6.42 Å². The largest absolute Gasteiger partial charge is 0.322 e. The van der Waals surface area contributed by atoms with Crippen LogP contribution in [0.2, 0.25) is 5.15 Å². The van der Waals surface area contributed by atoms with Crippen molar-refractivity contribution in [1.29, 1.82) is 0 Å². The molecule has 9 heteroatoms. The normalized spacial score (nSPS) is 11.0. The van der Waals surface area contributed by atoms with Gasteiger partial charge in [-0.3, -0.25) is 4.79 Å². The summed E-state index contributed by atoms with van der Waals surface area (Å²) in [5.74, 6) is 0.530. The number of hydrogen-bond donors (Lipinski definition) is 1. The van der Waals surface area contributed by atoms with Gasteiger partial charge in [0, 0.05) is 23.9 Å². The molecule has 3 heterocycles. The van der Waals surface area contributed by atoms with Crippen molar-refractivity contribution in [3.8, 4) is 10.6 Å². The summed E-state index contributed by atoms with van der Waals surface area (Å²) in [5.41, 5.74) is 1.94. The van der Waals surface area contributed by atoms with E-state index in [-0.39, 0.29) is 11.1 Å². The first-order valence-corrected chi connectivity index (χ1v) is 9.08. The van der Waals surface area contributed by atoms with E-state index in [2.05, 4.69) is 25.6 Å². The number of aromatic nitrogens is 5. The molecule has 0 bridgehead atoms. The van der Waals surface area contributed by atoms with E-state index >= 15 is 0 Å². The number of hydrogen-bond acceptors (Lipinski definition) is 6. The number of rotatable bonds is 4. The zero-order valence-corrected chi connectivity index (χ0v) is 15.3. The molecular formula is C17H13ClN6OS. The fourth-order valence-corrected chi connectivity index (χ4v) is 3.51. The standard InChI is InChI=1S/C17H13ClN6OS/c1-2-13-21-22-17-24(13)23-16(26-17)10-5-7-11(8-6-10)20-15(25)12-4-3-9-19-14(12)18/h3-9H,2H2,1H3,(H,20,25). The predicted octanol–water partition coefficient (Wildman–Crippen LogP) is 3.72. The molecule has 26 heavy (non-hydrogen) atoms. The average Bonchev–Trinajstić information content (AvgIpc) is 3.23. The highest BCUT2D eigenvalue weighted by molar-refractivity contribution is 7.19.